The predicted octanol–water partition coefficient (Wildman–Crippen LogP) is 3.87. The van der Waals surface area contributed by atoms with E-state index in [0.29, 0.717) is 6.07 Å². The summed E-state index contributed by atoms with van der Waals surface area (Å²) in [5.74, 6) is -2.84. The standard InChI is InChI=1S/C14H18F3NS/c1-19-14(4-2-3-5-14)9-18-8-10-6-12(16)13(17)7-11(10)15/h6-7,18H,2-5,8-9H2,1H3. The predicted molar refractivity (Wildman–Crippen MR) is 72.7 cm³/mol. The van der Waals surface area contributed by atoms with Crippen molar-refractivity contribution in [3.8, 4) is 0 Å². The van der Waals surface area contributed by atoms with E-state index >= 15 is 0 Å². The Bertz CT molecular complexity index is 445. The van der Waals surface area contributed by atoms with E-state index in [9.17, 15) is 13.2 Å². The molecule has 0 atom stereocenters. The highest BCUT2D eigenvalue weighted by Gasteiger charge is 2.32. The Morgan fingerprint density at radius 3 is 2.37 bits per heavy atom. The largest absolute Gasteiger partial charge is 0.311 e. The van der Waals surface area contributed by atoms with Gasteiger partial charge >= 0.3 is 0 Å². The van der Waals surface area contributed by atoms with Gasteiger partial charge in [0.1, 0.15) is 5.82 Å². The average Bonchev–Trinajstić information content (AvgIpc) is 2.85. The zero-order valence-corrected chi connectivity index (χ0v) is 11.8. The third-order valence-corrected chi connectivity index (χ3v) is 5.22. The first-order chi connectivity index (χ1) is 9.06. The summed E-state index contributed by atoms with van der Waals surface area (Å²) in [5.41, 5.74) is 0.174. The first-order valence-electron chi connectivity index (χ1n) is 6.46. The van der Waals surface area contributed by atoms with Gasteiger partial charge < -0.3 is 5.32 Å². The van der Waals surface area contributed by atoms with Crippen molar-refractivity contribution in [1.82, 2.24) is 5.32 Å². The number of hydrogen-bond acceptors (Lipinski definition) is 2. The Labute approximate surface area is 116 Å². The van der Waals surface area contributed by atoms with Gasteiger partial charge in [-0.1, -0.05) is 12.8 Å². The van der Waals surface area contributed by atoms with Gasteiger partial charge in [-0.25, -0.2) is 13.2 Å². The van der Waals surface area contributed by atoms with Gasteiger partial charge in [-0.15, -0.1) is 0 Å². The van der Waals surface area contributed by atoms with Crippen LogP contribution in [0.4, 0.5) is 13.2 Å². The Morgan fingerprint density at radius 1 is 1.11 bits per heavy atom. The van der Waals surface area contributed by atoms with Crippen molar-refractivity contribution < 1.29 is 13.2 Å². The summed E-state index contributed by atoms with van der Waals surface area (Å²) in [6, 6.07) is 1.53. The molecule has 0 aliphatic heterocycles. The maximum Gasteiger partial charge on any atom is 0.161 e. The van der Waals surface area contributed by atoms with Crippen LogP contribution in [0.1, 0.15) is 31.2 Å². The third kappa shape index (κ3) is 3.45. The second-order valence-electron chi connectivity index (χ2n) is 5.06. The number of benzene rings is 1. The van der Waals surface area contributed by atoms with Crippen LogP contribution >= 0.6 is 11.8 Å². The zero-order valence-electron chi connectivity index (χ0n) is 10.9. The number of halogens is 3. The summed E-state index contributed by atoms with van der Waals surface area (Å²) < 4.78 is 39.5. The van der Waals surface area contributed by atoms with Crippen LogP contribution in [0.25, 0.3) is 0 Å². The molecular formula is C14H18F3NS. The van der Waals surface area contributed by atoms with Crippen LogP contribution in [0.15, 0.2) is 12.1 Å². The van der Waals surface area contributed by atoms with Crippen LogP contribution in [-0.2, 0) is 6.54 Å². The molecule has 1 fully saturated rings. The first-order valence-corrected chi connectivity index (χ1v) is 7.68. The minimum absolute atomic E-state index is 0.174. The molecule has 0 saturated heterocycles. The second-order valence-corrected chi connectivity index (χ2v) is 6.33. The molecule has 0 amide bonds. The number of hydrogen-bond donors (Lipinski definition) is 1. The van der Waals surface area contributed by atoms with E-state index in [4.69, 9.17) is 0 Å². The van der Waals surface area contributed by atoms with Crippen molar-refractivity contribution in [2.75, 3.05) is 12.8 Å². The van der Waals surface area contributed by atoms with E-state index in [1.807, 2.05) is 11.8 Å². The molecule has 106 valence electrons. The van der Waals surface area contributed by atoms with E-state index in [1.54, 1.807) is 0 Å². The minimum Gasteiger partial charge on any atom is -0.311 e. The molecule has 0 spiro atoms. The number of nitrogens with one attached hydrogen (secondary N) is 1. The lowest BCUT2D eigenvalue weighted by Crippen LogP contribution is -2.34. The Kier molecular flexibility index (Phi) is 4.79. The van der Waals surface area contributed by atoms with Crippen LogP contribution in [0, 0.1) is 17.5 Å². The smallest absolute Gasteiger partial charge is 0.161 e. The molecule has 1 N–H and O–H groups in total. The maximum absolute atomic E-state index is 13.5. The van der Waals surface area contributed by atoms with Gasteiger partial charge in [0, 0.05) is 29.5 Å². The second kappa shape index (κ2) is 6.18. The van der Waals surface area contributed by atoms with E-state index < -0.39 is 17.5 Å². The quantitative estimate of drug-likeness (QED) is 0.826. The fraction of sp³-hybridized carbons (Fsp3) is 0.571. The van der Waals surface area contributed by atoms with Crippen molar-refractivity contribution >= 4 is 11.8 Å². The monoisotopic (exact) mass is 289 g/mol. The minimum atomic E-state index is -1.14. The van der Waals surface area contributed by atoms with Crippen molar-refractivity contribution in [1.29, 1.82) is 0 Å². The number of rotatable bonds is 5. The van der Waals surface area contributed by atoms with Crippen molar-refractivity contribution in [2.45, 2.75) is 37.0 Å². The Balaban J connectivity index is 1.94. The van der Waals surface area contributed by atoms with E-state index in [1.165, 1.54) is 12.8 Å². The summed E-state index contributed by atoms with van der Waals surface area (Å²) in [4.78, 5) is 0. The highest BCUT2D eigenvalue weighted by atomic mass is 32.2. The van der Waals surface area contributed by atoms with Gasteiger partial charge in [0.2, 0.25) is 0 Å². The molecule has 19 heavy (non-hydrogen) atoms. The lowest BCUT2D eigenvalue weighted by atomic mass is 10.1. The molecule has 1 aromatic carbocycles. The number of thioether (sulfide) groups is 1. The van der Waals surface area contributed by atoms with Crippen molar-refractivity contribution in [3.63, 3.8) is 0 Å². The van der Waals surface area contributed by atoms with Crippen molar-refractivity contribution in [2.24, 2.45) is 0 Å². The molecule has 0 heterocycles. The normalized spacial score (nSPS) is 17.9. The molecule has 1 aliphatic rings. The van der Waals surface area contributed by atoms with Gasteiger partial charge in [-0.3, -0.25) is 0 Å². The van der Waals surface area contributed by atoms with Crippen LogP contribution < -0.4 is 5.32 Å². The fourth-order valence-corrected chi connectivity index (χ4v) is 3.54. The molecule has 0 aromatic heterocycles. The average molecular weight is 289 g/mol. The summed E-state index contributed by atoms with van der Waals surface area (Å²) in [7, 11) is 0. The molecule has 2 rings (SSSR count). The van der Waals surface area contributed by atoms with Crippen molar-refractivity contribution in [3.05, 3.63) is 35.1 Å². The van der Waals surface area contributed by atoms with Gasteiger partial charge in [0.25, 0.3) is 0 Å². The first kappa shape index (κ1) is 14.7. The highest BCUT2D eigenvalue weighted by molar-refractivity contribution is 8.00. The maximum atomic E-state index is 13.5. The molecule has 5 heteroatoms. The molecule has 0 bridgehead atoms. The molecule has 1 saturated carbocycles. The van der Waals surface area contributed by atoms with E-state index in [2.05, 4.69) is 11.6 Å². The third-order valence-electron chi connectivity index (χ3n) is 3.80. The van der Waals surface area contributed by atoms with Gasteiger partial charge in [-0.2, -0.15) is 11.8 Å². The highest BCUT2D eigenvalue weighted by Crippen LogP contribution is 2.39. The Hall–Kier alpha value is -0.680. The summed E-state index contributed by atoms with van der Waals surface area (Å²) in [6.45, 7) is 0.998. The van der Waals surface area contributed by atoms with Crippen LogP contribution in [0.5, 0.6) is 0 Å². The van der Waals surface area contributed by atoms with E-state index in [-0.39, 0.29) is 16.9 Å². The van der Waals surface area contributed by atoms with Gasteiger partial charge in [0.15, 0.2) is 11.6 Å². The summed E-state index contributed by atoms with van der Waals surface area (Å²) in [6.07, 6.45) is 6.85. The Morgan fingerprint density at radius 2 is 1.74 bits per heavy atom. The van der Waals surface area contributed by atoms with Crippen LogP contribution in [0.2, 0.25) is 0 Å². The fourth-order valence-electron chi connectivity index (χ4n) is 2.60. The molecule has 1 aromatic rings. The zero-order chi connectivity index (χ0) is 13.9. The van der Waals surface area contributed by atoms with Crippen LogP contribution in [0.3, 0.4) is 0 Å². The topological polar surface area (TPSA) is 12.0 Å². The summed E-state index contributed by atoms with van der Waals surface area (Å²) in [5, 5.41) is 3.17. The SMILES string of the molecule is CSC1(CNCc2cc(F)c(F)cc2F)CCCC1. The lowest BCUT2D eigenvalue weighted by molar-refractivity contribution is 0.481. The molecule has 1 aliphatic carbocycles. The molecule has 0 radical (unpaired) electrons. The summed E-state index contributed by atoms with van der Waals surface area (Å²) >= 11 is 1.83. The van der Waals surface area contributed by atoms with Gasteiger partial charge in [0.05, 0.1) is 0 Å². The lowest BCUT2D eigenvalue weighted by Gasteiger charge is -2.27. The molecule has 1 nitrogen and oxygen atoms in total. The van der Waals surface area contributed by atoms with E-state index in [0.717, 1.165) is 25.5 Å². The van der Waals surface area contributed by atoms with Crippen LogP contribution in [-0.4, -0.2) is 17.5 Å². The molecular weight excluding hydrogens is 271 g/mol. The van der Waals surface area contributed by atoms with Gasteiger partial charge in [-0.05, 0) is 25.2 Å². The molecule has 0 unspecified atom stereocenters.